The molecule has 0 saturated heterocycles. The van der Waals surface area contributed by atoms with Gasteiger partial charge in [0, 0.05) is 60.8 Å². The number of fused-ring (bicyclic) bond motifs is 6. The maximum absolute atomic E-state index is 11.7. The van der Waals surface area contributed by atoms with Crippen LogP contribution in [0, 0.1) is 17.9 Å². The Kier molecular flexibility index (Phi) is 12.3. The monoisotopic (exact) mass is 844 g/mol. The van der Waals surface area contributed by atoms with Gasteiger partial charge in [-0.2, -0.15) is 0 Å². The number of hydrogen-bond acceptors (Lipinski definition) is 5. The van der Waals surface area contributed by atoms with Crippen LogP contribution in [0.5, 0.6) is 0 Å². The summed E-state index contributed by atoms with van der Waals surface area (Å²) in [6.45, 7) is 8.07. The van der Waals surface area contributed by atoms with Crippen molar-refractivity contribution in [3.63, 3.8) is 0 Å². The second kappa shape index (κ2) is 16.6. The number of ketones is 1. The smallest absolute Gasteiger partial charge is 0.162 e. The first kappa shape index (κ1) is 36.3. The van der Waals surface area contributed by atoms with Crippen molar-refractivity contribution in [3.05, 3.63) is 120 Å². The minimum atomic E-state index is 0. The number of aryl methyl sites for hydroxylation is 2. The zero-order valence-corrected chi connectivity index (χ0v) is 31.8. The van der Waals surface area contributed by atoms with Crippen LogP contribution in [0.15, 0.2) is 103 Å². The molecule has 1 N–H and O–H groups in total. The quantitative estimate of drug-likeness (QED) is 0.0895. The third-order valence-corrected chi connectivity index (χ3v) is 10.9. The third kappa shape index (κ3) is 7.62. The van der Waals surface area contributed by atoms with Gasteiger partial charge in [-0.3, -0.25) is 14.8 Å². The SMILES string of the molecule is CCC(CC)C(=O)/C=C(\O)C(CC)CC.[Ir].[c-]1c(-c2nccc3sc4c(c23)CCc2cccnc2-4)cc(-c2ccccc2)c2ccccc12. The number of aromatic nitrogens is 2. The summed E-state index contributed by atoms with van der Waals surface area (Å²) >= 11 is 1.84. The van der Waals surface area contributed by atoms with Crippen LogP contribution in [-0.2, 0) is 37.7 Å². The van der Waals surface area contributed by atoms with Crippen molar-refractivity contribution >= 4 is 38.0 Å². The van der Waals surface area contributed by atoms with Crippen LogP contribution in [0.2, 0.25) is 0 Å². The van der Waals surface area contributed by atoms with Gasteiger partial charge in [0.1, 0.15) is 0 Å². The Bertz CT molecular complexity index is 2080. The van der Waals surface area contributed by atoms with E-state index in [0.29, 0.717) is 0 Å². The van der Waals surface area contributed by atoms with Crippen molar-refractivity contribution in [3.8, 4) is 33.0 Å². The van der Waals surface area contributed by atoms with E-state index in [1.165, 1.54) is 48.7 Å². The van der Waals surface area contributed by atoms with Gasteiger partial charge in [0.25, 0.3) is 0 Å². The number of rotatable bonds is 9. The summed E-state index contributed by atoms with van der Waals surface area (Å²) in [5.41, 5.74) is 8.36. The maximum Gasteiger partial charge on any atom is 0.162 e. The van der Waals surface area contributed by atoms with Crippen LogP contribution >= 0.6 is 11.3 Å². The Balaban J connectivity index is 0.000000252. The van der Waals surface area contributed by atoms with Gasteiger partial charge in [0.2, 0.25) is 0 Å². The normalized spacial score (nSPS) is 12.3. The van der Waals surface area contributed by atoms with Gasteiger partial charge in [-0.15, -0.1) is 34.9 Å². The first-order valence-electron chi connectivity index (χ1n) is 17.3. The molecule has 0 fully saturated rings. The van der Waals surface area contributed by atoms with E-state index in [9.17, 15) is 9.90 Å². The van der Waals surface area contributed by atoms with Crippen molar-refractivity contribution in [2.75, 3.05) is 0 Å². The second-order valence-corrected chi connectivity index (χ2v) is 13.5. The zero-order valence-electron chi connectivity index (χ0n) is 28.6. The van der Waals surface area contributed by atoms with Gasteiger partial charge < -0.3 is 5.11 Å². The van der Waals surface area contributed by atoms with Crippen molar-refractivity contribution in [2.24, 2.45) is 11.8 Å². The fourth-order valence-electron chi connectivity index (χ4n) is 6.84. The molecule has 3 aromatic heterocycles. The molecule has 4 nitrogen and oxygen atoms in total. The third-order valence-electron chi connectivity index (χ3n) is 9.65. The van der Waals surface area contributed by atoms with Crippen LogP contribution in [-0.4, -0.2) is 20.9 Å². The summed E-state index contributed by atoms with van der Waals surface area (Å²) in [6.07, 6.45) is 10.8. The van der Waals surface area contributed by atoms with E-state index in [1.54, 1.807) is 0 Å². The molecule has 0 aliphatic heterocycles. The van der Waals surface area contributed by atoms with E-state index >= 15 is 0 Å². The first-order chi connectivity index (χ1) is 23.5. The minimum Gasteiger partial charge on any atom is -0.512 e. The van der Waals surface area contributed by atoms with Crippen molar-refractivity contribution in [1.29, 1.82) is 0 Å². The number of allylic oxidation sites excluding steroid dienone is 2. The number of carbonyl (C=O) groups is 1. The summed E-state index contributed by atoms with van der Waals surface area (Å²) in [4.78, 5) is 22.7. The molecule has 0 unspecified atom stereocenters. The Morgan fingerprint density at radius 3 is 2.27 bits per heavy atom. The van der Waals surface area contributed by atoms with Crippen molar-refractivity contribution in [2.45, 2.75) is 66.2 Å². The predicted octanol–water partition coefficient (Wildman–Crippen LogP) is 11.6. The van der Waals surface area contributed by atoms with Crippen LogP contribution in [0.3, 0.4) is 0 Å². The fourth-order valence-corrected chi connectivity index (χ4v) is 8.12. The maximum atomic E-state index is 11.7. The number of aliphatic hydroxyl groups excluding tert-OH is 1. The second-order valence-electron chi connectivity index (χ2n) is 12.5. The largest absolute Gasteiger partial charge is 0.512 e. The number of thiophene rings is 1. The number of nitrogens with zero attached hydrogens (tertiary/aromatic N) is 2. The van der Waals surface area contributed by atoms with E-state index in [1.807, 2.05) is 57.5 Å². The molecule has 1 aliphatic rings. The molecule has 0 amide bonds. The fraction of sp³-hybridized carbons (Fsp3) is 0.279. The van der Waals surface area contributed by atoms with Gasteiger partial charge in [0.05, 0.1) is 16.3 Å². The van der Waals surface area contributed by atoms with Crippen LogP contribution in [0.4, 0.5) is 0 Å². The Hall–Kier alpha value is -3.96. The molecular weight excluding hydrogens is 801 g/mol. The first-order valence-corrected chi connectivity index (χ1v) is 18.1. The van der Waals surface area contributed by atoms with Gasteiger partial charge in [-0.05, 0) is 72.7 Å². The van der Waals surface area contributed by atoms with E-state index in [-0.39, 0.29) is 43.5 Å². The van der Waals surface area contributed by atoms with Gasteiger partial charge in [-0.25, -0.2) is 0 Å². The molecule has 1 radical (unpaired) electrons. The molecule has 0 atom stereocenters. The molecular formula is C43H43IrN2O2S-. The van der Waals surface area contributed by atoms with Crippen molar-refractivity contribution < 1.29 is 30.0 Å². The zero-order chi connectivity index (χ0) is 33.6. The topological polar surface area (TPSA) is 63.1 Å². The molecule has 6 heteroatoms. The molecule has 0 saturated carbocycles. The standard InChI is InChI=1S/C30H19N2S.C13H24O2.Ir/c1-2-7-19(8-3-1)25-18-22(17-21-9-4-5-11-23(21)25)28-27-24-13-12-20-10-6-15-31-29(20)30(24)33-26(27)14-16-32-28;1-5-10(6-2)12(14)9-13(15)11(7-3)8-4;/h1-11,14-16,18H,12-13H2;9-11,14H,5-8H2,1-4H3;/q-1;;/b;12-9-;. The Morgan fingerprint density at radius 2 is 1.53 bits per heavy atom. The molecule has 0 spiro atoms. The van der Waals surface area contributed by atoms with Crippen molar-refractivity contribution in [1.82, 2.24) is 9.97 Å². The predicted molar refractivity (Wildman–Crippen MR) is 201 cm³/mol. The minimum absolute atomic E-state index is 0. The number of aliphatic hydroxyl groups is 1. The van der Waals surface area contributed by atoms with Gasteiger partial charge in [-0.1, -0.05) is 98.8 Å². The summed E-state index contributed by atoms with van der Waals surface area (Å²) in [5, 5.41) is 13.4. The summed E-state index contributed by atoms with van der Waals surface area (Å²) in [6, 6.07) is 31.5. The van der Waals surface area contributed by atoms with E-state index < -0.39 is 0 Å². The summed E-state index contributed by atoms with van der Waals surface area (Å²) in [7, 11) is 0. The van der Waals surface area contributed by atoms with Gasteiger partial charge >= 0.3 is 0 Å². The molecule has 0 bridgehead atoms. The Labute approximate surface area is 307 Å². The van der Waals surface area contributed by atoms with Crippen LogP contribution in [0.1, 0.15) is 64.5 Å². The summed E-state index contributed by atoms with van der Waals surface area (Å²) < 4.78 is 1.27. The number of carbonyl (C=O) groups excluding carboxylic acids is 1. The van der Waals surface area contributed by atoms with E-state index in [2.05, 4.69) is 78.9 Å². The Morgan fingerprint density at radius 1 is 0.837 bits per heavy atom. The average molecular weight is 844 g/mol. The number of hydrogen-bond donors (Lipinski definition) is 1. The van der Waals surface area contributed by atoms with E-state index in [0.717, 1.165) is 60.9 Å². The van der Waals surface area contributed by atoms with Crippen LogP contribution in [0.25, 0.3) is 53.8 Å². The molecule has 3 heterocycles. The number of benzene rings is 3. The van der Waals surface area contributed by atoms with E-state index in [4.69, 9.17) is 9.97 Å². The number of pyridine rings is 2. The van der Waals surface area contributed by atoms with Crippen LogP contribution < -0.4 is 0 Å². The van der Waals surface area contributed by atoms with Gasteiger partial charge in [0.15, 0.2) is 5.78 Å². The molecule has 6 aromatic rings. The average Bonchev–Trinajstić information content (AvgIpc) is 3.52. The summed E-state index contributed by atoms with van der Waals surface area (Å²) in [5.74, 6) is 0.547. The molecule has 7 rings (SSSR count). The molecule has 253 valence electrons. The molecule has 1 aliphatic carbocycles. The molecule has 3 aromatic carbocycles. The molecule has 49 heavy (non-hydrogen) atoms.